The smallest absolute Gasteiger partial charge is 0.310 e. The van der Waals surface area contributed by atoms with E-state index in [9.17, 15) is 13.6 Å². The zero-order chi connectivity index (χ0) is 12.1. The van der Waals surface area contributed by atoms with Gasteiger partial charge >= 0.3 is 5.97 Å². The molecule has 6 heteroatoms. The van der Waals surface area contributed by atoms with Crippen LogP contribution in [-0.4, -0.2) is 18.1 Å². The summed E-state index contributed by atoms with van der Waals surface area (Å²) < 4.78 is 29.6. The van der Waals surface area contributed by atoms with E-state index in [0.717, 1.165) is 0 Å². The normalized spacial score (nSPS) is 10.6. The summed E-state index contributed by atoms with van der Waals surface area (Å²) in [4.78, 5) is 14.7. The third kappa shape index (κ3) is 3.13. The Morgan fingerprint density at radius 3 is 2.81 bits per heavy atom. The van der Waals surface area contributed by atoms with Crippen LogP contribution < -0.4 is 0 Å². The summed E-state index contributed by atoms with van der Waals surface area (Å²) in [6.07, 6.45) is -1.38. The lowest BCUT2D eigenvalue weighted by molar-refractivity contribution is -0.139. The van der Waals surface area contributed by atoms with Crippen LogP contribution in [-0.2, 0) is 21.8 Å². The van der Waals surface area contributed by atoms with Crippen LogP contribution in [0.1, 0.15) is 23.2 Å². The predicted octanol–water partition coefficient (Wildman–Crippen LogP) is 2.47. The van der Waals surface area contributed by atoms with Gasteiger partial charge in [-0.1, -0.05) is 0 Å². The molecule has 0 aliphatic carbocycles. The molecule has 0 fully saturated rings. The minimum absolute atomic E-state index is 0.0776. The Bertz CT molecular complexity index is 385. The molecule has 1 aromatic heterocycles. The first kappa shape index (κ1) is 12.8. The number of nitrogens with zero attached hydrogens (tertiary/aromatic N) is 1. The molecule has 0 saturated carbocycles. The lowest BCUT2D eigenvalue weighted by Crippen LogP contribution is -2.06. The fourth-order valence-corrected chi connectivity index (χ4v) is 1.42. The Hall–Kier alpha value is -1.23. The summed E-state index contributed by atoms with van der Waals surface area (Å²) in [6, 6.07) is 1.23. The molecule has 0 aromatic carbocycles. The van der Waals surface area contributed by atoms with Gasteiger partial charge in [0.2, 0.25) is 0 Å². The van der Waals surface area contributed by atoms with Crippen LogP contribution in [0.4, 0.5) is 8.78 Å². The average molecular weight is 250 g/mol. The van der Waals surface area contributed by atoms with Crippen LogP contribution in [0.2, 0.25) is 0 Å². The van der Waals surface area contributed by atoms with E-state index in [1.165, 1.54) is 19.4 Å². The molecule has 3 nitrogen and oxygen atoms in total. The second-order valence-electron chi connectivity index (χ2n) is 3.07. The Labute approximate surface area is 96.4 Å². The molecule has 88 valence electrons. The van der Waals surface area contributed by atoms with E-state index in [1.807, 2.05) is 0 Å². The van der Waals surface area contributed by atoms with Crippen molar-refractivity contribution in [3.63, 3.8) is 0 Å². The first-order chi connectivity index (χ1) is 7.58. The minimum atomic E-state index is -2.65. The number of pyridine rings is 1. The number of hydrogen-bond donors (Lipinski definition) is 0. The quantitative estimate of drug-likeness (QED) is 0.608. The van der Waals surface area contributed by atoms with Crippen molar-refractivity contribution in [3.05, 3.63) is 29.1 Å². The molecule has 0 unspecified atom stereocenters. The number of carbonyl (C=O) groups is 1. The molecular formula is C10H10ClF2NO2. The van der Waals surface area contributed by atoms with Crippen molar-refractivity contribution in [1.29, 1.82) is 0 Å². The van der Waals surface area contributed by atoms with Crippen molar-refractivity contribution in [2.24, 2.45) is 0 Å². The van der Waals surface area contributed by atoms with Gasteiger partial charge in [-0.3, -0.25) is 9.78 Å². The second kappa shape index (κ2) is 5.75. The van der Waals surface area contributed by atoms with Gasteiger partial charge in [0.25, 0.3) is 6.43 Å². The maximum atomic E-state index is 12.6. The minimum Gasteiger partial charge on any atom is -0.469 e. The largest absolute Gasteiger partial charge is 0.469 e. The summed E-state index contributed by atoms with van der Waals surface area (Å²) in [5, 5.41) is 0. The molecular weight excluding hydrogens is 240 g/mol. The van der Waals surface area contributed by atoms with E-state index in [4.69, 9.17) is 11.6 Å². The molecule has 0 radical (unpaired) electrons. The van der Waals surface area contributed by atoms with E-state index < -0.39 is 12.4 Å². The summed E-state index contributed by atoms with van der Waals surface area (Å²) in [5.41, 5.74) is 0.276. The van der Waals surface area contributed by atoms with Gasteiger partial charge in [0.15, 0.2) is 0 Å². The number of methoxy groups -OCH3 is 1. The first-order valence-electron chi connectivity index (χ1n) is 4.47. The van der Waals surface area contributed by atoms with Crippen LogP contribution in [0.5, 0.6) is 0 Å². The molecule has 0 spiro atoms. The lowest BCUT2D eigenvalue weighted by atomic mass is 10.1. The predicted molar refractivity (Wildman–Crippen MR) is 54.5 cm³/mol. The van der Waals surface area contributed by atoms with E-state index in [0.29, 0.717) is 5.56 Å². The maximum absolute atomic E-state index is 12.6. The van der Waals surface area contributed by atoms with Crippen molar-refractivity contribution in [1.82, 2.24) is 4.98 Å². The topological polar surface area (TPSA) is 39.2 Å². The molecule has 0 aliphatic heterocycles. The monoisotopic (exact) mass is 249 g/mol. The lowest BCUT2D eigenvalue weighted by Gasteiger charge is -2.07. The van der Waals surface area contributed by atoms with Crippen LogP contribution in [0.3, 0.4) is 0 Å². The van der Waals surface area contributed by atoms with Crippen molar-refractivity contribution < 1.29 is 18.3 Å². The van der Waals surface area contributed by atoms with Crippen molar-refractivity contribution in [3.8, 4) is 0 Å². The Morgan fingerprint density at radius 1 is 1.62 bits per heavy atom. The third-order valence-electron chi connectivity index (χ3n) is 2.00. The van der Waals surface area contributed by atoms with Gasteiger partial charge in [0, 0.05) is 11.8 Å². The zero-order valence-electron chi connectivity index (χ0n) is 8.54. The molecule has 0 N–H and O–H groups in total. The van der Waals surface area contributed by atoms with Crippen LogP contribution in [0, 0.1) is 0 Å². The van der Waals surface area contributed by atoms with Gasteiger partial charge in [-0.25, -0.2) is 8.78 Å². The van der Waals surface area contributed by atoms with Crippen LogP contribution in [0.25, 0.3) is 0 Å². The van der Waals surface area contributed by atoms with Gasteiger partial charge in [-0.2, -0.15) is 0 Å². The van der Waals surface area contributed by atoms with Gasteiger partial charge in [-0.05, 0) is 11.6 Å². The second-order valence-corrected chi connectivity index (χ2v) is 3.33. The molecule has 1 aromatic rings. The van der Waals surface area contributed by atoms with Gasteiger partial charge in [-0.15, -0.1) is 11.6 Å². The van der Waals surface area contributed by atoms with Gasteiger partial charge < -0.3 is 4.74 Å². The van der Waals surface area contributed by atoms with E-state index in [-0.39, 0.29) is 23.6 Å². The number of rotatable bonds is 4. The summed E-state index contributed by atoms with van der Waals surface area (Å²) >= 11 is 5.47. The highest BCUT2D eigenvalue weighted by Gasteiger charge is 2.15. The fraction of sp³-hybridized carbons (Fsp3) is 0.400. The number of ether oxygens (including phenoxy) is 1. The molecule has 1 heterocycles. The van der Waals surface area contributed by atoms with E-state index in [2.05, 4.69) is 9.72 Å². The fourth-order valence-electron chi connectivity index (χ4n) is 1.19. The number of esters is 1. The Balaban J connectivity index is 2.97. The molecule has 0 bridgehead atoms. The zero-order valence-corrected chi connectivity index (χ0v) is 9.30. The van der Waals surface area contributed by atoms with Crippen LogP contribution >= 0.6 is 11.6 Å². The van der Waals surface area contributed by atoms with Gasteiger partial charge in [0.1, 0.15) is 0 Å². The highest BCUT2D eigenvalue weighted by atomic mass is 35.5. The molecule has 1 rings (SSSR count). The third-order valence-corrected chi connectivity index (χ3v) is 2.25. The summed E-state index contributed by atoms with van der Waals surface area (Å²) in [5.74, 6) is -0.585. The van der Waals surface area contributed by atoms with Crippen molar-refractivity contribution in [2.75, 3.05) is 7.11 Å². The van der Waals surface area contributed by atoms with E-state index >= 15 is 0 Å². The van der Waals surface area contributed by atoms with Crippen molar-refractivity contribution in [2.45, 2.75) is 18.7 Å². The maximum Gasteiger partial charge on any atom is 0.310 e. The highest BCUT2D eigenvalue weighted by molar-refractivity contribution is 6.17. The SMILES string of the molecule is COC(=O)Cc1cnc(CCl)c(C(F)F)c1. The standard InChI is InChI=1S/C10H10ClF2NO2/c1-16-9(15)3-6-2-7(10(12)13)8(4-11)14-5-6/h2,5,10H,3-4H2,1H3. The first-order valence-corrected chi connectivity index (χ1v) is 5.00. The Kier molecular flexibility index (Phi) is 4.61. The van der Waals surface area contributed by atoms with E-state index in [1.54, 1.807) is 0 Å². The molecule has 0 aliphatic rings. The number of aromatic nitrogens is 1. The molecule has 16 heavy (non-hydrogen) atoms. The number of alkyl halides is 3. The Morgan fingerprint density at radius 2 is 2.31 bits per heavy atom. The number of halogens is 3. The average Bonchev–Trinajstić information content (AvgIpc) is 2.28. The number of carbonyl (C=O) groups excluding carboxylic acids is 1. The summed E-state index contributed by atoms with van der Waals surface area (Å²) in [7, 11) is 1.23. The van der Waals surface area contributed by atoms with Crippen LogP contribution in [0.15, 0.2) is 12.3 Å². The summed E-state index contributed by atoms with van der Waals surface area (Å²) in [6.45, 7) is 0. The molecule has 0 saturated heterocycles. The highest BCUT2D eigenvalue weighted by Crippen LogP contribution is 2.23. The number of hydrogen-bond acceptors (Lipinski definition) is 3. The van der Waals surface area contributed by atoms with Gasteiger partial charge in [0.05, 0.1) is 25.1 Å². The molecule has 0 atom stereocenters. The molecule has 0 amide bonds. The van der Waals surface area contributed by atoms with Crippen molar-refractivity contribution >= 4 is 17.6 Å².